The number of halogens is 4. The van der Waals surface area contributed by atoms with Crippen molar-refractivity contribution in [3.05, 3.63) is 53.1 Å². The molecule has 108 valence electrons. The smallest absolute Gasteiger partial charge is 0.332 e. The third-order valence-electron chi connectivity index (χ3n) is 2.81. The maximum absolute atomic E-state index is 12.7. The molecule has 3 rings (SSSR count). The van der Waals surface area contributed by atoms with E-state index in [1.54, 1.807) is 24.3 Å². The lowest BCUT2D eigenvalue weighted by molar-refractivity contribution is -0.137. The number of thiazole rings is 1. The number of nitrogens with one attached hydrogen (secondary N) is 1. The molecule has 0 radical (unpaired) electrons. The van der Waals surface area contributed by atoms with Crippen LogP contribution < -0.4 is 5.32 Å². The molecule has 0 unspecified atom stereocenters. The molecule has 0 amide bonds. The van der Waals surface area contributed by atoms with Gasteiger partial charge in [-0.15, -0.1) is 0 Å². The summed E-state index contributed by atoms with van der Waals surface area (Å²) in [4.78, 5) is 4.30. The molecule has 3 aromatic rings. The summed E-state index contributed by atoms with van der Waals surface area (Å²) >= 11 is 7.35. The van der Waals surface area contributed by atoms with Gasteiger partial charge in [-0.2, -0.15) is 13.2 Å². The van der Waals surface area contributed by atoms with Gasteiger partial charge in [0.05, 0.1) is 20.8 Å². The van der Waals surface area contributed by atoms with E-state index < -0.39 is 11.7 Å². The fourth-order valence-corrected chi connectivity index (χ4v) is 3.04. The number of hydrogen-bond donors (Lipinski definition) is 1. The maximum Gasteiger partial charge on any atom is 0.416 e. The first-order valence-electron chi connectivity index (χ1n) is 5.93. The van der Waals surface area contributed by atoms with Crippen molar-refractivity contribution in [3.8, 4) is 0 Å². The van der Waals surface area contributed by atoms with E-state index >= 15 is 0 Å². The molecule has 1 heterocycles. The van der Waals surface area contributed by atoms with Crippen LogP contribution in [0.25, 0.3) is 10.2 Å². The molecule has 7 heteroatoms. The number of alkyl halides is 3. The zero-order chi connectivity index (χ0) is 15.0. The molecule has 0 aliphatic rings. The summed E-state index contributed by atoms with van der Waals surface area (Å²) < 4.78 is 38.8. The molecule has 21 heavy (non-hydrogen) atoms. The van der Waals surface area contributed by atoms with Gasteiger partial charge in [-0.1, -0.05) is 35.1 Å². The average molecular weight is 329 g/mol. The maximum atomic E-state index is 12.7. The largest absolute Gasteiger partial charge is 0.416 e. The standard InChI is InChI=1S/C14H8ClF3N2S/c15-10-5-2-6-11-12(10)21-13(20-11)19-9-4-1-3-8(7-9)14(16,17)18/h1-7H,(H,19,20). The van der Waals surface area contributed by atoms with E-state index in [9.17, 15) is 13.2 Å². The quantitative estimate of drug-likeness (QED) is 0.651. The van der Waals surface area contributed by atoms with Crippen LogP contribution in [-0.2, 0) is 6.18 Å². The second-order valence-electron chi connectivity index (χ2n) is 4.31. The Bertz CT molecular complexity index is 798. The number of fused-ring (bicyclic) bond motifs is 1. The van der Waals surface area contributed by atoms with Gasteiger partial charge in [-0.3, -0.25) is 0 Å². The zero-order valence-electron chi connectivity index (χ0n) is 10.4. The third-order valence-corrected chi connectivity index (χ3v) is 4.26. The SMILES string of the molecule is FC(F)(F)c1cccc(Nc2nc3cccc(Cl)c3s2)c1. The summed E-state index contributed by atoms with van der Waals surface area (Å²) in [6.07, 6.45) is -4.37. The van der Waals surface area contributed by atoms with Crippen LogP contribution in [-0.4, -0.2) is 4.98 Å². The van der Waals surface area contributed by atoms with Gasteiger partial charge in [0.25, 0.3) is 0 Å². The first kappa shape index (κ1) is 14.2. The molecule has 2 aromatic carbocycles. The van der Waals surface area contributed by atoms with Crippen molar-refractivity contribution >= 4 is 44.0 Å². The van der Waals surface area contributed by atoms with Crippen molar-refractivity contribution in [2.24, 2.45) is 0 Å². The lowest BCUT2D eigenvalue weighted by atomic mass is 10.2. The van der Waals surface area contributed by atoms with Crippen LogP contribution in [0.3, 0.4) is 0 Å². The van der Waals surface area contributed by atoms with E-state index in [0.717, 1.165) is 16.8 Å². The molecule has 0 fully saturated rings. The highest BCUT2D eigenvalue weighted by Gasteiger charge is 2.30. The zero-order valence-corrected chi connectivity index (χ0v) is 12.0. The first-order valence-corrected chi connectivity index (χ1v) is 7.12. The minimum atomic E-state index is -4.37. The van der Waals surface area contributed by atoms with E-state index in [1.807, 2.05) is 0 Å². The van der Waals surface area contributed by atoms with E-state index in [0.29, 0.717) is 21.4 Å². The molecule has 1 aromatic heterocycles. The molecular weight excluding hydrogens is 321 g/mol. The Morgan fingerprint density at radius 3 is 2.57 bits per heavy atom. The van der Waals surface area contributed by atoms with Gasteiger partial charge in [0.15, 0.2) is 5.13 Å². The van der Waals surface area contributed by atoms with Gasteiger partial charge < -0.3 is 5.32 Å². The molecule has 0 aliphatic carbocycles. The van der Waals surface area contributed by atoms with Crippen LogP contribution in [0.5, 0.6) is 0 Å². The number of hydrogen-bond acceptors (Lipinski definition) is 3. The predicted molar refractivity (Wildman–Crippen MR) is 79.4 cm³/mol. The normalized spacial score (nSPS) is 11.8. The molecule has 2 nitrogen and oxygen atoms in total. The Kier molecular flexibility index (Phi) is 3.51. The fraction of sp³-hybridized carbons (Fsp3) is 0.0714. The molecule has 0 bridgehead atoms. The summed E-state index contributed by atoms with van der Waals surface area (Å²) in [5.74, 6) is 0. The lowest BCUT2D eigenvalue weighted by Crippen LogP contribution is -2.05. The van der Waals surface area contributed by atoms with E-state index in [1.165, 1.54) is 17.4 Å². The Balaban J connectivity index is 1.93. The summed E-state index contributed by atoms with van der Waals surface area (Å²) in [5, 5.41) is 3.95. The second-order valence-corrected chi connectivity index (χ2v) is 5.72. The lowest BCUT2D eigenvalue weighted by Gasteiger charge is -2.08. The van der Waals surface area contributed by atoms with Crippen molar-refractivity contribution in [1.82, 2.24) is 4.98 Å². The molecule has 0 saturated carbocycles. The number of aromatic nitrogens is 1. The minimum Gasteiger partial charge on any atom is -0.332 e. The topological polar surface area (TPSA) is 24.9 Å². The Morgan fingerprint density at radius 1 is 1.10 bits per heavy atom. The van der Waals surface area contributed by atoms with Crippen LogP contribution in [0.15, 0.2) is 42.5 Å². The number of rotatable bonds is 2. The Hall–Kier alpha value is -1.79. The summed E-state index contributed by atoms with van der Waals surface area (Å²) in [5.41, 5.74) is 0.341. The summed E-state index contributed by atoms with van der Waals surface area (Å²) in [6, 6.07) is 10.3. The van der Waals surface area contributed by atoms with E-state index in [2.05, 4.69) is 10.3 Å². The highest BCUT2D eigenvalue weighted by atomic mass is 35.5. The summed E-state index contributed by atoms with van der Waals surface area (Å²) in [7, 11) is 0. The van der Waals surface area contributed by atoms with Gasteiger partial charge in [0.1, 0.15) is 0 Å². The van der Waals surface area contributed by atoms with Crippen molar-refractivity contribution in [1.29, 1.82) is 0 Å². The predicted octanol–water partition coefficient (Wildman–Crippen LogP) is 5.71. The monoisotopic (exact) mass is 328 g/mol. The average Bonchev–Trinajstić information content (AvgIpc) is 2.82. The first-order chi connectivity index (χ1) is 9.93. The van der Waals surface area contributed by atoms with E-state index in [4.69, 9.17) is 11.6 Å². The number of nitrogens with zero attached hydrogens (tertiary/aromatic N) is 1. The van der Waals surface area contributed by atoms with Crippen LogP contribution in [0.2, 0.25) is 5.02 Å². The van der Waals surface area contributed by atoms with Gasteiger partial charge in [-0.05, 0) is 30.3 Å². The second kappa shape index (κ2) is 5.20. The Labute approximate surface area is 127 Å². The molecule has 0 spiro atoms. The van der Waals surface area contributed by atoms with Crippen molar-refractivity contribution in [2.75, 3.05) is 5.32 Å². The van der Waals surface area contributed by atoms with Gasteiger partial charge in [0, 0.05) is 5.69 Å². The highest BCUT2D eigenvalue weighted by molar-refractivity contribution is 7.22. The number of benzene rings is 2. The van der Waals surface area contributed by atoms with Crippen LogP contribution in [0.1, 0.15) is 5.56 Å². The van der Waals surface area contributed by atoms with Crippen LogP contribution in [0.4, 0.5) is 24.0 Å². The molecule has 1 N–H and O–H groups in total. The molecule has 0 aliphatic heterocycles. The molecule has 0 atom stereocenters. The number of anilines is 2. The molecular formula is C14H8ClF3N2S. The van der Waals surface area contributed by atoms with Gasteiger partial charge >= 0.3 is 6.18 Å². The van der Waals surface area contributed by atoms with Crippen molar-refractivity contribution in [3.63, 3.8) is 0 Å². The minimum absolute atomic E-state index is 0.333. The Morgan fingerprint density at radius 2 is 1.86 bits per heavy atom. The van der Waals surface area contributed by atoms with Gasteiger partial charge in [-0.25, -0.2) is 4.98 Å². The van der Waals surface area contributed by atoms with Crippen LogP contribution in [0, 0.1) is 0 Å². The van der Waals surface area contributed by atoms with E-state index in [-0.39, 0.29) is 0 Å². The van der Waals surface area contributed by atoms with Crippen molar-refractivity contribution in [2.45, 2.75) is 6.18 Å². The fourth-order valence-electron chi connectivity index (χ4n) is 1.87. The van der Waals surface area contributed by atoms with Crippen molar-refractivity contribution < 1.29 is 13.2 Å². The third kappa shape index (κ3) is 2.96. The van der Waals surface area contributed by atoms with Crippen LogP contribution >= 0.6 is 22.9 Å². The molecule has 0 saturated heterocycles. The highest BCUT2D eigenvalue weighted by Crippen LogP contribution is 2.35. The van der Waals surface area contributed by atoms with Gasteiger partial charge in [0.2, 0.25) is 0 Å². The summed E-state index contributed by atoms with van der Waals surface area (Å²) in [6.45, 7) is 0.